The van der Waals surface area contributed by atoms with Crippen LogP contribution in [0.25, 0.3) is 0 Å². The van der Waals surface area contributed by atoms with E-state index < -0.39 is 0 Å². The molecule has 150 valence electrons. The predicted molar refractivity (Wildman–Crippen MR) is 112 cm³/mol. The third-order valence-electron chi connectivity index (χ3n) is 4.43. The van der Waals surface area contributed by atoms with Gasteiger partial charge in [0, 0.05) is 6.42 Å². The van der Waals surface area contributed by atoms with Crippen LogP contribution >= 0.6 is 0 Å². The Balaban J connectivity index is 2.00. The SMILES string of the molecule is CCCCCCCCCCCC(=O)NCC(=O)NN=Cc1ccc(C)cc1. The Hall–Kier alpha value is -2.17. The van der Waals surface area contributed by atoms with Crippen LogP contribution in [0.3, 0.4) is 0 Å². The summed E-state index contributed by atoms with van der Waals surface area (Å²) in [4.78, 5) is 23.4. The predicted octanol–water partition coefficient (Wildman–Crippen LogP) is 4.48. The molecule has 0 atom stereocenters. The Labute approximate surface area is 164 Å². The molecule has 2 amide bonds. The molecule has 0 fully saturated rings. The van der Waals surface area contributed by atoms with E-state index in [1.165, 1.54) is 50.5 Å². The molecule has 0 aliphatic heterocycles. The average Bonchev–Trinajstić information content (AvgIpc) is 2.66. The van der Waals surface area contributed by atoms with Crippen molar-refractivity contribution >= 4 is 18.0 Å². The second-order valence-corrected chi connectivity index (χ2v) is 7.06. The Morgan fingerprint density at radius 3 is 2.11 bits per heavy atom. The maximum absolute atomic E-state index is 11.8. The number of aryl methyl sites for hydroxylation is 1. The lowest BCUT2D eigenvalue weighted by Gasteiger charge is -2.05. The van der Waals surface area contributed by atoms with Gasteiger partial charge in [-0.1, -0.05) is 88.1 Å². The van der Waals surface area contributed by atoms with E-state index in [1.54, 1.807) is 6.21 Å². The molecule has 0 heterocycles. The highest BCUT2D eigenvalue weighted by atomic mass is 16.2. The minimum Gasteiger partial charge on any atom is -0.347 e. The first kappa shape index (κ1) is 22.9. The van der Waals surface area contributed by atoms with Crippen molar-refractivity contribution < 1.29 is 9.59 Å². The lowest BCUT2D eigenvalue weighted by atomic mass is 10.1. The van der Waals surface area contributed by atoms with Gasteiger partial charge in [0.25, 0.3) is 5.91 Å². The smallest absolute Gasteiger partial charge is 0.259 e. The molecule has 0 aliphatic carbocycles. The zero-order valence-corrected chi connectivity index (χ0v) is 16.9. The van der Waals surface area contributed by atoms with Gasteiger partial charge in [-0.15, -0.1) is 0 Å². The molecule has 2 N–H and O–H groups in total. The number of carbonyl (C=O) groups is 2. The Morgan fingerprint density at radius 1 is 0.889 bits per heavy atom. The van der Waals surface area contributed by atoms with Crippen molar-refractivity contribution in [2.75, 3.05) is 6.54 Å². The number of hydrazone groups is 1. The van der Waals surface area contributed by atoms with Crippen LogP contribution in [0.15, 0.2) is 29.4 Å². The van der Waals surface area contributed by atoms with E-state index in [-0.39, 0.29) is 18.4 Å². The summed E-state index contributed by atoms with van der Waals surface area (Å²) >= 11 is 0. The molecule has 27 heavy (non-hydrogen) atoms. The summed E-state index contributed by atoms with van der Waals surface area (Å²) in [7, 11) is 0. The summed E-state index contributed by atoms with van der Waals surface area (Å²) in [6, 6.07) is 7.82. The standard InChI is InChI=1S/C22H35N3O2/c1-3-4-5-6-7-8-9-10-11-12-21(26)23-18-22(27)25-24-17-20-15-13-19(2)14-16-20/h13-17H,3-12,18H2,1-2H3,(H,23,26)(H,25,27). The van der Waals surface area contributed by atoms with Gasteiger partial charge in [0.15, 0.2) is 0 Å². The third kappa shape index (κ3) is 12.8. The number of carbonyl (C=O) groups excluding carboxylic acids is 2. The van der Waals surface area contributed by atoms with Crippen LogP contribution in [0.2, 0.25) is 0 Å². The molecule has 0 saturated carbocycles. The molecule has 1 rings (SSSR count). The number of nitrogens with zero attached hydrogens (tertiary/aromatic N) is 1. The normalized spacial score (nSPS) is 10.9. The highest BCUT2D eigenvalue weighted by Crippen LogP contribution is 2.10. The third-order valence-corrected chi connectivity index (χ3v) is 4.43. The second-order valence-electron chi connectivity index (χ2n) is 7.06. The maximum Gasteiger partial charge on any atom is 0.259 e. The number of benzene rings is 1. The van der Waals surface area contributed by atoms with Crippen molar-refractivity contribution in [3.8, 4) is 0 Å². The first-order valence-electron chi connectivity index (χ1n) is 10.3. The molecule has 0 radical (unpaired) electrons. The zero-order valence-electron chi connectivity index (χ0n) is 16.9. The monoisotopic (exact) mass is 373 g/mol. The van der Waals surface area contributed by atoms with Gasteiger partial charge in [-0.3, -0.25) is 9.59 Å². The first-order chi connectivity index (χ1) is 13.1. The zero-order chi connectivity index (χ0) is 19.7. The highest BCUT2D eigenvalue weighted by molar-refractivity contribution is 5.86. The lowest BCUT2D eigenvalue weighted by Crippen LogP contribution is -2.34. The summed E-state index contributed by atoms with van der Waals surface area (Å²) in [5, 5.41) is 6.53. The van der Waals surface area contributed by atoms with Crippen LogP contribution in [0, 0.1) is 6.92 Å². The van der Waals surface area contributed by atoms with Gasteiger partial charge in [0.1, 0.15) is 0 Å². The largest absolute Gasteiger partial charge is 0.347 e. The van der Waals surface area contributed by atoms with Crippen LogP contribution in [0.1, 0.15) is 82.3 Å². The average molecular weight is 374 g/mol. The summed E-state index contributed by atoms with van der Waals surface area (Å²) in [5.74, 6) is -0.394. The topological polar surface area (TPSA) is 70.6 Å². The van der Waals surface area contributed by atoms with Crippen molar-refractivity contribution in [3.05, 3.63) is 35.4 Å². The molecule has 5 nitrogen and oxygen atoms in total. The minimum atomic E-state index is -0.321. The molecule has 0 unspecified atom stereocenters. The summed E-state index contributed by atoms with van der Waals surface area (Å²) in [6.07, 6.45) is 13.1. The van der Waals surface area contributed by atoms with Crippen molar-refractivity contribution in [2.45, 2.75) is 78.1 Å². The molecular formula is C22H35N3O2. The van der Waals surface area contributed by atoms with E-state index in [2.05, 4.69) is 22.8 Å². The molecule has 0 aliphatic rings. The first-order valence-corrected chi connectivity index (χ1v) is 10.3. The maximum atomic E-state index is 11.8. The second kappa shape index (κ2) is 14.9. The Kier molecular flexibility index (Phi) is 12.7. The van der Waals surface area contributed by atoms with Crippen LogP contribution in [-0.4, -0.2) is 24.6 Å². The molecule has 0 bridgehead atoms. The van der Waals surface area contributed by atoms with Crippen molar-refractivity contribution in [1.82, 2.24) is 10.7 Å². The highest BCUT2D eigenvalue weighted by Gasteiger charge is 2.04. The quantitative estimate of drug-likeness (QED) is 0.287. The van der Waals surface area contributed by atoms with Crippen molar-refractivity contribution in [1.29, 1.82) is 0 Å². The molecule has 1 aromatic carbocycles. The Morgan fingerprint density at radius 2 is 1.48 bits per heavy atom. The van der Waals surface area contributed by atoms with E-state index in [4.69, 9.17) is 0 Å². The van der Waals surface area contributed by atoms with E-state index in [0.717, 1.165) is 18.4 Å². The number of unbranched alkanes of at least 4 members (excludes halogenated alkanes) is 8. The van der Waals surface area contributed by atoms with E-state index >= 15 is 0 Å². The van der Waals surface area contributed by atoms with Gasteiger partial charge < -0.3 is 5.32 Å². The van der Waals surface area contributed by atoms with Crippen LogP contribution in [0.4, 0.5) is 0 Å². The Bertz CT molecular complexity index is 567. The number of hydrogen-bond donors (Lipinski definition) is 2. The van der Waals surface area contributed by atoms with Gasteiger partial charge in [0.05, 0.1) is 12.8 Å². The van der Waals surface area contributed by atoms with E-state index in [1.807, 2.05) is 31.2 Å². The van der Waals surface area contributed by atoms with Crippen LogP contribution < -0.4 is 10.7 Å². The van der Waals surface area contributed by atoms with Gasteiger partial charge >= 0.3 is 0 Å². The number of nitrogens with one attached hydrogen (secondary N) is 2. The summed E-state index contributed by atoms with van der Waals surface area (Å²) < 4.78 is 0. The van der Waals surface area contributed by atoms with Crippen molar-refractivity contribution in [3.63, 3.8) is 0 Å². The minimum absolute atomic E-state index is 0.0402. The summed E-state index contributed by atoms with van der Waals surface area (Å²) in [6.45, 7) is 4.20. The van der Waals surface area contributed by atoms with Crippen LogP contribution in [0.5, 0.6) is 0 Å². The number of hydrogen-bond acceptors (Lipinski definition) is 3. The molecule has 0 saturated heterocycles. The van der Waals surface area contributed by atoms with Gasteiger partial charge in [-0.25, -0.2) is 5.43 Å². The fourth-order valence-corrected chi connectivity index (χ4v) is 2.73. The molecule has 0 aromatic heterocycles. The fraction of sp³-hybridized carbons (Fsp3) is 0.591. The molecular weight excluding hydrogens is 338 g/mol. The van der Waals surface area contributed by atoms with Gasteiger partial charge in [-0.2, -0.15) is 5.10 Å². The van der Waals surface area contributed by atoms with E-state index in [0.29, 0.717) is 6.42 Å². The molecule has 5 heteroatoms. The number of rotatable bonds is 14. The van der Waals surface area contributed by atoms with E-state index in [9.17, 15) is 9.59 Å². The molecule has 0 spiro atoms. The van der Waals surface area contributed by atoms with Gasteiger partial charge in [0.2, 0.25) is 5.91 Å². The lowest BCUT2D eigenvalue weighted by molar-refractivity contribution is -0.126. The van der Waals surface area contributed by atoms with Crippen molar-refractivity contribution in [2.24, 2.45) is 5.10 Å². The van der Waals surface area contributed by atoms with Gasteiger partial charge in [-0.05, 0) is 18.9 Å². The number of amides is 2. The summed E-state index contributed by atoms with van der Waals surface area (Å²) in [5.41, 5.74) is 4.51. The molecule has 1 aromatic rings. The van der Waals surface area contributed by atoms with Crippen LogP contribution in [-0.2, 0) is 9.59 Å². The fourth-order valence-electron chi connectivity index (χ4n) is 2.73.